The number of unbranched alkanes of at least 4 members (excludes halogenated alkanes) is 1. The van der Waals surface area contributed by atoms with Gasteiger partial charge in [-0.05, 0) is 25.8 Å². The zero-order valence-electron chi connectivity index (χ0n) is 17.4. The van der Waals surface area contributed by atoms with E-state index >= 15 is 0 Å². The molecule has 1 unspecified atom stereocenters. The molecule has 1 aliphatic heterocycles. The summed E-state index contributed by atoms with van der Waals surface area (Å²) in [4.78, 5) is 17.3. The Morgan fingerprint density at radius 2 is 2.07 bits per heavy atom. The van der Waals surface area contributed by atoms with Gasteiger partial charge in [0, 0.05) is 17.0 Å². The molecule has 1 N–H and O–H groups in total. The van der Waals surface area contributed by atoms with Gasteiger partial charge in [0.2, 0.25) is 11.1 Å². The number of fused-ring (bicyclic) bond motifs is 1. The van der Waals surface area contributed by atoms with Crippen LogP contribution >= 0.6 is 11.8 Å². The van der Waals surface area contributed by atoms with Crippen LogP contribution in [0.3, 0.4) is 0 Å². The topological polar surface area (TPSA) is 78.3 Å². The highest BCUT2D eigenvalue weighted by Gasteiger charge is 2.36. The third kappa shape index (κ3) is 4.58. The van der Waals surface area contributed by atoms with E-state index in [-0.39, 0.29) is 0 Å². The van der Waals surface area contributed by atoms with Crippen molar-refractivity contribution in [3.8, 4) is 5.75 Å². The van der Waals surface area contributed by atoms with E-state index in [4.69, 9.17) is 14.6 Å². The number of hydrogen-bond donors (Lipinski definition) is 1. The molecule has 1 aliphatic rings. The highest BCUT2D eigenvalue weighted by atomic mass is 32.2. The van der Waals surface area contributed by atoms with Crippen LogP contribution in [0.25, 0.3) is 0 Å². The van der Waals surface area contributed by atoms with Gasteiger partial charge < -0.3 is 14.8 Å². The zero-order valence-corrected chi connectivity index (χ0v) is 18.2. The van der Waals surface area contributed by atoms with E-state index in [1.54, 1.807) is 16.4 Å². The molecule has 0 spiro atoms. The lowest BCUT2D eigenvalue weighted by atomic mass is 9.95. The molecule has 0 radical (unpaired) electrons. The number of para-hydroxylation sites is 1. The molecule has 0 fully saturated rings. The lowest BCUT2D eigenvalue weighted by Crippen LogP contribution is -2.29. The van der Waals surface area contributed by atoms with Crippen molar-refractivity contribution in [1.82, 2.24) is 14.8 Å². The summed E-state index contributed by atoms with van der Waals surface area (Å²) < 4.78 is 12.8. The Kier molecular flexibility index (Phi) is 7.19. The number of benzene rings is 1. The Morgan fingerprint density at radius 3 is 2.79 bits per heavy atom. The van der Waals surface area contributed by atoms with Crippen LogP contribution in [-0.4, -0.2) is 40.2 Å². The first-order valence-corrected chi connectivity index (χ1v) is 11.0. The molecule has 0 saturated carbocycles. The van der Waals surface area contributed by atoms with Gasteiger partial charge in [-0.2, -0.15) is 4.98 Å². The molecular weight excluding hydrogens is 388 g/mol. The smallest absolute Gasteiger partial charge is 0.338 e. The maximum absolute atomic E-state index is 12.7. The molecule has 0 amide bonds. The number of nitrogens with one attached hydrogen (secondary N) is 1. The van der Waals surface area contributed by atoms with Crippen molar-refractivity contribution in [2.45, 2.75) is 51.2 Å². The van der Waals surface area contributed by atoms with Crippen molar-refractivity contribution in [2.24, 2.45) is 0 Å². The third-order valence-corrected chi connectivity index (χ3v) is 5.57. The van der Waals surface area contributed by atoms with Gasteiger partial charge >= 0.3 is 5.97 Å². The lowest BCUT2D eigenvalue weighted by molar-refractivity contribution is -0.136. The number of hydrogen-bond acceptors (Lipinski definition) is 7. The first-order valence-electron chi connectivity index (χ1n) is 9.97. The van der Waals surface area contributed by atoms with E-state index in [2.05, 4.69) is 24.1 Å². The van der Waals surface area contributed by atoms with E-state index in [0.29, 0.717) is 29.0 Å². The lowest BCUT2D eigenvalue weighted by Gasteiger charge is -2.28. The van der Waals surface area contributed by atoms with Crippen LogP contribution in [0.4, 0.5) is 5.95 Å². The summed E-state index contributed by atoms with van der Waals surface area (Å²) >= 11 is 1.62. The minimum Gasteiger partial charge on any atom is -0.493 e. The summed E-state index contributed by atoms with van der Waals surface area (Å²) in [6.07, 6.45) is 3.12. The fourth-order valence-corrected chi connectivity index (χ4v) is 4.12. The predicted molar refractivity (Wildman–Crippen MR) is 114 cm³/mol. The molecule has 1 aromatic carbocycles. The van der Waals surface area contributed by atoms with Gasteiger partial charge in [0.15, 0.2) is 0 Å². The molecule has 1 atom stereocenters. The van der Waals surface area contributed by atoms with Crippen molar-refractivity contribution >= 4 is 23.7 Å². The second-order valence-electron chi connectivity index (χ2n) is 6.81. The molecule has 29 heavy (non-hydrogen) atoms. The maximum Gasteiger partial charge on any atom is 0.338 e. The third-order valence-electron chi connectivity index (χ3n) is 4.64. The number of allylic oxidation sites excluding steroid dienone is 1. The van der Waals surface area contributed by atoms with Crippen LogP contribution in [-0.2, 0) is 9.53 Å². The highest BCUT2D eigenvalue weighted by Crippen LogP contribution is 2.40. The summed E-state index contributed by atoms with van der Waals surface area (Å²) in [6, 6.07) is 7.28. The number of esters is 1. The Bertz CT molecular complexity index is 894. The number of ether oxygens (including phenoxy) is 2. The number of rotatable bonds is 9. The van der Waals surface area contributed by atoms with Crippen molar-refractivity contribution < 1.29 is 14.3 Å². The highest BCUT2D eigenvalue weighted by molar-refractivity contribution is 7.99. The second-order valence-corrected chi connectivity index (χ2v) is 7.87. The van der Waals surface area contributed by atoms with Crippen LogP contribution in [0.2, 0.25) is 0 Å². The molecular formula is C21H28N4O3S. The van der Waals surface area contributed by atoms with Gasteiger partial charge in [-0.3, -0.25) is 0 Å². The van der Waals surface area contributed by atoms with Crippen molar-refractivity contribution in [3.63, 3.8) is 0 Å². The van der Waals surface area contributed by atoms with E-state index in [1.165, 1.54) is 7.11 Å². The molecule has 8 heteroatoms. The minimum absolute atomic E-state index is 0.397. The normalized spacial score (nSPS) is 15.7. The average Bonchev–Trinajstić information content (AvgIpc) is 3.13. The molecule has 0 bridgehead atoms. The number of carbonyl (C=O) groups excluding carboxylic acids is 1. The zero-order chi connectivity index (χ0) is 20.8. The fraction of sp³-hybridized carbons (Fsp3) is 0.476. The number of nitrogens with zero attached hydrogens (tertiary/aromatic N) is 3. The van der Waals surface area contributed by atoms with Gasteiger partial charge in [0.05, 0.1) is 19.3 Å². The number of thioether (sulfide) groups is 1. The van der Waals surface area contributed by atoms with Crippen LogP contribution < -0.4 is 10.1 Å². The Labute approximate surface area is 175 Å². The van der Waals surface area contributed by atoms with Crippen molar-refractivity contribution in [3.05, 3.63) is 41.1 Å². The van der Waals surface area contributed by atoms with E-state index in [1.807, 2.05) is 31.2 Å². The average molecular weight is 417 g/mol. The first-order chi connectivity index (χ1) is 14.1. The molecule has 1 aromatic heterocycles. The summed E-state index contributed by atoms with van der Waals surface area (Å²) in [6.45, 7) is 6.68. The largest absolute Gasteiger partial charge is 0.493 e. The van der Waals surface area contributed by atoms with Gasteiger partial charge in [-0.15, -0.1) is 5.10 Å². The summed E-state index contributed by atoms with van der Waals surface area (Å²) in [5, 5.41) is 8.62. The Balaban J connectivity index is 2.08. The van der Waals surface area contributed by atoms with Crippen LogP contribution in [0, 0.1) is 0 Å². The first kappa shape index (κ1) is 21.2. The monoisotopic (exact) mass is 416 g/mol. The van der Waals surface area contributed by atoms with E-state index in [0.717, 1.165) is 36.3 Å². The number of aromatic nitrogens is 3. The van der Waals surface area contributed by atoms with Gasteiger partial charge in [-0.1, -0.05) is 50.2 Å². The quantitative estimate of drug-likeness (QED) is 0.368. The van der Waals surface area contributed by atoms with Crippen LogP contribution in [0.15, 0.2) is 40.7 Å². The molecule has 7 nitrogen and oxygen atoms in total. The Hall–Kier alpha value is -2.48. The molecule has 0 aliphatic carbocycles. The molecule has 2 heterocycles. The van der Waals surface area contributed by atoms with Crippen LogP contribution in [0.1, 0.15) is 51.6 Å². The number of methoxy groups -OCH3 is 1. The maximum atomic E-state index is 12.7. The van der Waals surface area contributed by atoms with Crippen LogP contribution in [0.5, 0.6) is 5.75 Å². The van der Waals surface area contributed by atoms with Gasteiger partial charge in [0.1, 0.15) is 11.8 Å². The van der Waals surface area contributed by atoms with Crippen molar-refractivity contribution in [1.29, 1.82) is 0 Å². The number of anilines is 1. The predicted octanol–water partition coefficient (Wildman–Crippen LogP) is 4.42. The second kappa shape index (κ2) is 9.82. The fourth-order valence-electron chi connectivity index (χ4n) is 3.21. The van der Waals surface area contributed by atoms with E-state index < -0.39 is 12.0 Å². The summed E-state index contributed by atoms with van der Waals surface area (Å²) in [5.41, 5.74) is 2.07. The number of carbonyl (C=O) groups is 1. The summed E-state index contributed by atoms with van der Waals surface area (Å²) in [5.74, 6) is 1.91. The summed E-state index contributed by atoms with van der Waals surface area (Å²) in [7, 11) is 1.39. The molecule has 0 saturated heterocycles. The molecule has 2 aromatic rings. The SMILES string of the molecule is CCCCSc1nc2n(n1)C(c1ccccc1OCCC)C(C(=O)OC)=C(C)N2. The van der Waals surface area contributed by atoms with Gasteiger partial charge in [0.25, 0.3) is 0 Å². The molecule has 156 valence electrons. The van der Waals surface area contributed by atoms with E-state index in [9.17, 15) is 4.79 Å². The van der Waals surface area contributed by atoms with Crippen molar-refractivity contribution in [2.75, 3.05) is 24.8 Å². The minimum atomic E-state index is -0.472. The standard InChI is InChI=1S/C21H28N4O3S/c1-5-7-13-29-21-23-20-22-14(3)17(19(26)27-4)18(25(20)24-21)15-10-8-9-11-16(15)28-12-6-2/h8-11,18H,5-7,12-13H2,1-4H3,(H,22,23,24). The molecule has 3 rings (SSSR count). The Morgan fingerprint density at radius 1 is 1.28 bits per heavy atom. The van der Waals surface area contributed by atoms with Gasteiger partial charge in [-0.25, -0.2) is 9.48 Å².